The third-order valence-electron chi connectivity index (χ3n) is 4.80. The van der Waals surface area contributed by atoms with Gasteiger partial charge in [0.1, 0.15) is 0 Å². The van der Waals surface area contributed by atoms with Gasteiger partial charge in [-0.2, -0.15) is 0 Å². The number of piperidine rings is 1. The zero-order valence-electron chi connectivity index (χ0n) is 16.5. The van der Waals surface area contributed by atoms with Gasteiger partial charge in [-0.25, -0.2) is 17.5 Å². The van der Waals surface area contributed by atoms with Gasteiger partial charge < -0.3 is 14.5 Å². The Morgan fingerprint density at radius 1 is 1.14 bits per heavy atom. The second-order valence-corrected chi connectivity index (χ2v) is 8.80. The number of esters is 2. The molecule has 0 spiro atoms. The van der Waals surface area contributed by atoms with Gasteiger partial charge in [-0.05, 0) is 39.2 Å². The summed E-state index contributed by atoms with van der Waals surface area (Å²) in [5.74, 6) is -1.92. The van der Waals surface area contributed by atoms with Crippen LogP contribution in [0.25, 0.3) is 0 Å². The van der Waals surface area contributed by atoms with Gasteiger partial charge >= 0.3 is 11.9 Å². The van der Waals surface area contributed by atoms with Gasteiger partial charge in [0.2, 0.25) is 15.8 Å². The molecule has 1 aliphatic heterocycles. The second-order valence-electron chi connectivity index (χ2n) is 6.81. The van der Waals surface area contributed by atoms with Crippen molar-refractivity contribution in [2.75, 3.05) is 32.6 Å². The predicted molar refractivity (Wildman–Crippen MR) is 101 cm³/mol. The molecule has 1 fully saturated rings. The van der Waals surface area contributed by atoms with Crippen LogP contribution in [-0.4, -0.2) is 68.0 Å². The molecule has 1 aromatic rings. The molecule has 0 aromatic carbocycles. The van der Waals surface area contributed by atoms with E-state index in [4.69, 9.17) is 9.47 Å². The van der Waals surface area contributed by atoms with Crippen molar-refractivity contribution in [1.29, 1.82) is 0 Å². The van der Waals surface area contributed by atoms with E-state index >= 15 is 0 Å². The summed E-state index contributed by atoms with van der Waals surface area (Å²) in [6, 6.07) is 0. The topological polar surface area (TPSA) is 123 Å². The van der Waals surface area contributed by atoms with E-state index in [0.29, 0.717) is 29.7 Å². The first kappa shape index (κ1) is 22.1. The van der Waals surface area contributed by atoms with E-state index in [1.807, 2.05) is 0 Å². The number of rotatable bonds is 7. The van der Waals surface area contributed by atoms with Crippen LogP contribution in [0.15, 0.2) is 0 Å². The average Bonchev–Trinajstić information content (AvgIpc) is 2.93. The molecular formula is C18H26N2O7S. The molecule has 0 atom stereocenters. The van der Waals surface area contributed by atoms with Crippen molar-refractivity contribution in [3.8, 4) is 0 Å². The van der Waals surface area contributed by atoms with E-state index in [-0.39, 0.29) is 25.4 Å². The minimum atomic E-state index is -3.27. The molecule has 9 nitrogen and oxygen atoms in total. The molecule has 156 valence electrons. The fourth-order valence-corrected chi connectivity index (χ4v) is 4.16. The van der Waals surface area contributed by atoms with Gasteiger partial charge in [0.05, 0.1) is 30.0 Å². The number of hydrogen-bond acceptors (Lipinski definition) is 7. The Hall–Kier alpha value is -2.20. The molecule has 2 rings (SSSR count). The van der Waals surface area contributed by atoms with E-state index in [1.54, 1.807) is 20.8 Å². The number of carbonyl (C=O) groups excluding carboxylic acids is 3. The quantitative estimate of drug-likeness (QED) is 0.525. The van der Waals surface area contributed by atoms with Crippen molar-refractivity contribution in [3.05, 3.63) is 22.5 Å². The number of Topliss-reactive ketones (excluding diaryl/α,β-unsaturated/α-hetero) is 1. The van der Waals surface area contributed by atoms with Gasteiger partial charge in [-0.1, -0.05) is 0 Å². The van der Waals surface area contributed by atoms with Crippen LogP contribution in [0.3, 0.4) is 0 Å². The third kappa shape index (κ3) is 4.99. The van der Waals surface area contributed by atoms with Gasteiger partial charge in [-0.3, -0.25) is 9.59 Å². The maximum atomic E-state index is 12.4. The molecule has 1 saturated heterocycles. The Balaban J connectivity index is 1.95. The standard InChI is InChI=1S/C18H26N2O7S/c1-5-26-18(23)15-11(2)16(19-12(15)3)14(21)10-27-17(22)13-6-8-20(9-7-13)28(4,24)25/h13,19H,5-10H2,1-4H3. The number of hydrogen-bond donors (Lipinski definition) is 1. The van der Waals surface area contributed by atoms with Crippen LogP contribution in [0.4, 0.5) is 0 Å². The predicted octanol–water partition coefficient (Wildman–Crippen LogP) is 1.21. The number of aromatic amines is 1. The van der Waals surface area contributed by atoms with E-state index < -0.39 is 40.3 Å². The van der Waals surface area contributed by atoms with Crippen molar-refractivity contribution in [1.82, 2.24) is 9.29 Å². The second kappa shape index (κ2) is 8.87. The molecule has 1 aliphatic rings. The van der Waals surface area contributed by atoms with Crippen molar-refractivity contribution in [2.45, 2.75) is 33.6 Å². The molecule has 0 unspecified atom stereocenters. The lowest BCUT2D eigenvalue weighted by molar-refractivity contribution is -0.148. The minimum absolute atomic E-state index is 0.209. The largest absolute Gasteiger partial charge is 0.462 e. The summed E-state index contributed by atoms with van der Waals surface area (Å²) in [6.45, 7) is 5.27. The van der Waals surface area contributed by atoms with E-state index in [1.165, 1.54) is 4.31 Å². The van der Waals surface area contributed by atoms with Crippen LogP contribution in [0.5, 0.6) is 0 Å². The van der Waals surface area contributed by atoms with Gasteiger partial charge in [0, 0.05) is 18.8 Å². The Morgan fingerprint density at radius 3 is 2.29 bits per heavy atom. The fraction of sp³-hybridized carbons (Fsp3) is 0.611. The number of ether oxygens (including phenoxy) is 2. The van der Waals surface area contributed by atoms with Crippen molar-refractivity contribution in [3.63, 3.8) is 0 Å². The fourth-order valence-electron chi connectivity index (χ4n) is 3.29. The highest BCUT2D eigenvalue weighted by Crippen LogP contribution is 2.22. The van der Waals surface area contributed by atoms with Crippen molar-refractivity contribution in [2.24, 2.45) is 5.92 Å². The summed E-state index contributed by atoms with van der Waals surface area (Å²) in [7, 11) is -3.27. The number of aromatic nitrogens is 1. The molecule has 0 radical (unpaired) electrons. The van der Waals surface area contributed by atoms with E-state index in [0.717, 1.165) is 6.26 Å². The Labute approximate surface area is 164 Å². The lowest BCUT2D eigenvalue weighted by Gasteiger charge is -2.28. The zero-order chi connectivity index (χ0) is 21.1. The third-order valence-corrected chi connectivity index (χ3v) is 6.10. The molecule has 28 heavy (non-hydrogen) atoms. The number of carbonyl (C=O) groups is 3. The first-order chi connectivity index (χ1) is 13.1. The molecule has 10 heteroatoms. The van der Waals surface area contributed by atoms with E-state index in [9.17, 15) is 22.8 Å². The summed E-state index contributed by atoms with van der Waals surface area (Å²) < 4.78 is 34.5. The first-order valence-corrected chi connectivity index (χ1v) is 10.9. The van der Waals surface area contributed by atoms with Crippen LogP contribution in [0.2, 0.25) is 0 Å². The van der Waals surface area contributed by atoms with Crippen molar-refractivity contribution >= 4 is 27.7 Å². The lowest BCUT2D eigenvalue weighted by atomic mass is 9.98. The molecule has 0 amide bonds. The first-order valence-electron chi connectivity index (χ1n) is 9.07. The van der Waals surface area contributed by atoms with Crippen LogP contribution >= 0.6 is 0 Å². The van der Waals surface area contributed by atoms with Crippen molar-refractivity contribution < 1.29 is 32.3 Å². The molecule has 2 heterocycles. The molecule has 0 aliphatic carbocycles. The number of ketones is 1. The maximum absolute atomic E-state index is 12.4. The smallest absolute Gasteiger partial charge is 0.340 e. The van der Waals surface area contributed by atoms with Gasteiger partial charge in [-0.15, -0.1) is 0 Å². The summed E-state index contributed by atoms with van der Waals surface area (Å²) in [5.41, 5.74) is 1.49. The number of sulfonamides is 1. The summed E-state index contributed by atoms with van der Waals surface area (Å²) >= 11 is 0. The summed E-state index contributed by atoms with van der Waals surface area (Å²) in [5, 5.41) is 0. The minimum Gasteiger partial charge on any atom is -0.462 e. The van der Waals surface area contributed by atoms with Gasteiger partial charge in [0.25, 0.3) is 0 Å². The Bertz CT molecular complexity index is 865. The Kier molecular flexibility index (Phi) is 7.00. The van der Waals surface area contributed by atoms with Crippen LogP contribution in [-0.2, 0) is 24.3 Å². The number of nitrogens with one attached hydrogen (secondary N) is 1. The number of H-pyrrole nitrogens is 1. The zero-order valence-corrected chi connectivity index (χ0v) is 17.3. The van der Waals surface area contributed by atoms with Crippen LogP contribution in [0.1, 0.15) is 51.9 Å². The number of aryl methyl sites for hydroxylation is 1. The Morgan fingerprint density at radius 2 is 1.75 bits per heavy atom. The molecule has 0 saturated carbocycles. The van der Waals surface area contributed by atoms with Crippen LogP contribution in [0, 0.1) is 19.8 Å². The molecular weight excluding hydrogens is 388 g/mol. The van der Waals surface area contributed by atoms with Gasteiger partial charge in [0.15, 0.2) is 6.61 Å². The lowest BCUT2D eigenvalue weighted by Crippen LogP contribution is -2.40. The molecule has 1 N–H and O–H groups in total. The highest BCUT2D eigenvalue weighted by Gasteiger charge is 2.30. The van der Waals surface area contributed by atoms with Crippen LogP contribution < -0.4 is 0 Å². The normalized spacial score (nSPS) is 16.0. The molecule has 1 aromatic heterocycles. The SMILES string of the molecule is CCOC(=O)c1c(C)[nH]c(C(=O)COC(=O)C2CCN(S(C)(=O)=O)CC2)c1C. The molecule has 0 bridgehead atoms. The number of nitrogens with zero attached hydrogens (tertiary/aromatic N) is 1. The summed E-state index contributed by atoms with van der Waals surface area (Å²) in [4.78, 5) is 39.5. The summed E-state index contributed by atoms with van der Waals surface area (Å²) in [6.07, 6.45) is 1.84. The average molecular weight is 414 g/mol. The van der Waals surface area contributed by atoms with E-state index in [2.05, 4.69) is 4.98 Å². The monoisotopic (exact) mass is 414 g/mol. The highest BCUT2D eigenvalue weighted by molar-refractivity contribution is 7.88. The highest BCUT2D eigenvalue weighted by atomic mass is 32.2. The maximum Gasteiger partial charge on any atom is 0.340 e.